The second-order valence-electron chi connectivity index (χ2n) is 2.33. The summed E-state index contributed by atoms with van der Waals surface area (Å²) < 4.78 is 3.32. The van der Waals surface area contributed by atoms with Crippen molar-refractivity contribution in [2.24, 2.45) is 0 Å². The highest BCUT2D eigenvalue weighted by Crippen LogP contribution is 2.15. The number of halogens is 1. The Morgan fingerprint density at radius 2 is 2.22 bits per heavy atom. The lowest BCUT2D eigenvalue weighted by atomic mass is 10.4. The summed E-state index contributed by atoms with van der Waals surface area (Å²) in [6.07, 6.45) is 2.06. The fourth-order valence-electron chi connectivity index (χ4n) is 0.791. The van der Waals surface area contributed by atoms with Crippen LogP contribution in [0.3, 0.4) is 0 Å². The summed E-state index contributed by atoms with van der Waals surface area (Å²) in [6, 6.07) is 4.62. The average molecular weight is 188 g/mol. The van der Waals surface area contributed by atoms with Crippen LogP contribution < -0.4 is 0 Å². The molecule has 0 aromatic carbocycles. The van der Waals surface area contributed by atoms with E-state index in [4.69, 9.17) is 0 Å². The summed E-state index contributed by atoms with van der Waals surface area (Å²) >= 11 is 3.43. The van der Waals surface area contributed by atoms with Gasteiger partial charge in [0.15, 0.2) is 0 Å². The van der Waals surface area contributed by atoms with Crippen LogP contribution in [0.5, 0.6) is 0 Å². The molecule has 1 rings (SSSR count). The van der Waals surface area contributed by atoms with E-state index in [-0.39, 0.29) is 0 Å². The van der Waals surface area contributed by atoms with E-state index in [1.807, 2.05) is 12.1 Å². The zero-order valence-corrected chi connectivity index (χ0v) is 7.22. The third-order valence-corrected chi connectivity index (χ3v) is 1.96. The Kier molecular flexibility index (Phi) is 1.96. The summed E-state index contributed by atoms with van der Waals surface area (Å²) in [5, 5.41) is 0. The summed E-state index contributed by atoms with van der Waals surface area (Å²) in [6.45, 7) is 4.32. The lowest BCUT2D eigenvalue weighted by Gasteiger charge is -2.07. The van der Waals surface area contributed by atoms with Crippen LogP contribution >= 0.6 is 15.9 Å². The molecule has 0 saturated heterocycles. The smallest absolute Gasteiger partial charge is 0.0848 e. The van der Waals surface area contributed by atoms with E-state index >= 15 is 0 Å². The first-order valence-corrected chi connectivity index (χ1v) is 3.83. The van der Waals surface area contributed by atoms with Crippen LogP contribution in [0.1, 0.15) is 19.9 Å². The normalized spacial score (nSPS) is 10.7. The van der Waals surface area contributed by atoms with Crippen LogP contribution in [-0.2, 0) is 0 Å². The highest BCUT2D eigenvalue weighted by Gasteiger charge is 1.98. The van der Waals surface area contributed by atoms with Crippen LogP contribution in [0.25, 0.3) is 0 Å². The molecule has 0 radical (unpaired) electrons. The fourth-order valence-corrected chi connectivity index (χ4v) is 1.47. The predicted octanol–water partition coefficient (Wildman–Crippen LogP) is 2.83. The largest absolute Gasteiger partial charge is 0.340 e. The topological polar surface area (TPSA) is 4.93 Å². The van der Waals surface area contributed by atoms with Crippen LogP contribution in [0.2, 0.25) is 0 Å². The maximum atomic E-state index is 3.43. The van der Waals surface area contributed by atoms with E-state index in [0.29, 0.717) is 6.04 Å². The number of hydrogen-bond acceptors (Lipinski definition) is 0. The van der Waals surface area contributed by atoms with Gasteiger partial charge in [-0.25, -0.2) is 0 Å². The minimum absolute atomic E-state index is 0.550. The van der Waals surface area contributed by atoms with Gasteiger partial charge in [-0.3, -0.25) is 0 Å². The molecule has 1 aromatic heterocycles. The van der Waals surface area contributed by atoms with Gasteiger partial charge >= 0.3 is 0 Å². The van der Waals surface area contributed by atoms with Crippen molar-refractivity contribution in [3.05, 3.63) is 22.9 Å². The van der Waals surface area contributed by atoms with Gasteiger partial charge in [-0.15, -0.1) is 0 Å². The second kappa shape index (κ2) is 2.56. The Bertz CT molecular complexity index is 191. The Labute approximate surface area is 63.8 Å². The standard InChI is InChI=1S/C7H10BrN/c1-6(2)9-5-3-4-7(9)8/h3-6H,1-2H3. The van der Waals surface area contributed by atoms with Crippen LogP contribution in [0.4, 0.5) is 0 Å². The molecular formula is C7H10BrN. The lowest BCUT2D eigenvalue weighted by Crippen LogP contribution is -1.97. The third kappa shape index (κ3) is 1.36. The SMILES string of the molecule is CC(C)n1cccc1Br. The van der Waals surface area contributed by atoms with Crippen molar-refractivity contribution in [2.45, 2.75) is 19.9 Å². The Balaban J connectivity index is 2.94. The van der Waals surface area contributed by atoms with Crippen LogP contribution in [-0.4, -0.2) is 4.57 Å². The molecule has 1 heterocycles. The Hall–Kier alpha value is -0.240. The van der Waals surface area contributed by atoms with Crippen molar-refractivity contribution in [3.8, 4) is 0 Å². The first kappa shape index (κ1) is 6.87. The average Bonchev–Trinajstić information content (AvgIpc) is 2.13. The number of hydrogen-bond donors (Lipinski definition) is 0. The van der Waals surface area contributed by atoms with Gasteiger partial charge in [0.2, 0.25) is 0 Å². The van der Waals surface area contributed by atoms with Gasteiger partial charge in [-0.05, 0) is 41.9 Å². The van der Waals surface area contributed by atoms with Gasteiger partial charge in [0.25, 0.3) is 0 Å². The van der Waals surface area contributed by atoms with Crippen molar-refractivity contribution in [1.29, 1.82) is 0 Å². The molecule has 0 aliphatic heterocycles. The molecule has 0 N–H and O–H groups in total. The number of nitrogens with zero attached hydrogens (tertiary/aromatic N) is 1. The summed E-state index contributed by atoms with van der Waals surface area (Å²) in [5.74, 6) is 0. The molecule has 0 bridgehead atoms. The summed E-state index contributed by atoms with van der Waals surface area (Å²) in [5.41, 5.74) is 0. The van der Waals surface area contributed by atoms with E-state index in [2.05, 4.69) is 40.5 Å². The molecule has 9 heavy (non-hydrogen) atoms. The van der Waals surface area contributed by atoms with Gasteiger partial charge in [0, 0.05) is 12.2 Å². The maximum absolute atomic E-state index is 3.43. The number of aromatic nitrogens is 1. The van der Waals surface area contributed by atoms with Crippen molar-refractivity contribution >= 4 is 15.9 Å². The monoisotopic (exact) mass is 187 g/mol. The zero-order valence-electron chi connectivity index (χ0n) is 5.63. The molecular weight excluding hydrogens is 178 g/mol. The molecule has 0 aliphatic carbocycles. The molecule has 0 aliphatic rings. The van der Waals surface area contributed by atoms with E-state index in [0.717, 1.165) is 4.60 Å². The van der Waals surface area contributed by atoms with Gasteiger partial charge in [0.1, 0.15) is 0 Å². The van der Waals surface area contributed by atoms with Crippen LogP contribution in [0, 0.1) is 0 Å². The lowest BCUT2D eigenvalue weighted by molar-refractivity contribution is 0.593. The Morgan fingerprint density at radius 1 is 1.56 bits per heavy atom. The zero-order chi connectivity index (χ0) is 6.85. The molecule has 0 atom stereocenters. The second-order valence-corrected chi connectivity index (χ2v) is 3.14. The van der Waals surface area contributed by atoms with Gasteiger partial charge in [0.05, 0.1) is 4.60 Å². The van der Waals surface area contributed by atoms with Gasteiger partial charge < -0.3 is 4.57 Å². The fraction of sp³-hybridized carbons (Fsp3) is 0.429. The van der Waals surface area contributed by atoms with Crippen molar-refractivity contribution in [3.63, 3.8) is 0 Å². The summed E-state index contributed by atoms with van der Waals surface area (Å²) in [7, 11) is 0. The summed E-state index contributed by atoms with van der Waals surface area (Å²) in [4.78, 5) is 0. The van der Waals surface area contributed by atoms with E-state index in [9.17, 15) is 0 Å². The van der Waals surface area contributed by atoms with E-state index in [1.165, 1.54) is 0 Å². The molecule has 1 nitrogen and oxygen atoms in total. The van der Waals surface area contributed by atoms with Gasteiger partial charge in [-0.2, -0.15) is 0 Å². The molecule has 50 valence electrons. The van der Waals surface area contributed by atoms with Gasteiger partial charge in [-0.1, -0.05) is 0 Å². The van der Waals surface area contributed by atoms with Crippen LogP contribution in [0.15, 0.2) is 22.9 Å². The molecule has 1 aromatic rings. The minimum Gasteiger partial charge on any atom is -0.340 e. The van der Waals surface area contributed by atoms with Crippen molar-refractivity contribution in [2.75, 3.05) is 0 Å². The number of rotatable bonds is 1. The molecule has 0 saturated carbocycles. The molecule has 0 unspecified atom stereocenters. The predicted molar refractivity (Wildman–Crippen MR) is 42.5 cm³/mol. The highest BCUT2D eigenvalue weighted by molar-refractivity contribution is 9.10. The van der Waals surface area contributed by atoms with Crippen molar-refractivity contribution < 1.29 is 0 Å². The molecule has 0 spiro atoms. The first-order valence-electron chi connectivity index (χ1n) is 3.04. The molecule has 0 amide bonds. The van der Waals surface area contributed by atoms with E-state index < -0.39 is 0 Å². The maximum Gasteiger partial charge on any atom is 0.0848 e. The van der Waals surface area contributed by atoms with Crippen molar-refractivity contribution in [1.82, 2.24) is 4.57 Å². The molecule has 2 heteroatoms. The first-order chi connectivity index (χ1) is 4.22. The quantitative estimate of drug-likeness (QED) is 0.638. The third-order valence-electron chi connectivity index (χ3n) is 1.28. The highest BCUT2D eigenvalue weighted by atomic mass is 79.9. The minimum atomic E-state index is 0.550. The molecule has 0 fully saturated rings. The van der Waals surface area contributed by atoms with E-state index in [1.54, 1.807) is 0 Å². The Morgan fingerprint density at radius 3 is 2.44 bits per heavy atom.